The van der Waals surface area contributed by atoms with E-state index < -0.39 is 15.8 Å². The SMILES string of the molecule is CCc1c(F)cc(S(=O)(=O)/N=C/N(C)C)cc1Cl. The van der Waals surface area contributed by atoms with E-state index >= 15 is 0 Å². The molecule has 1 aromatic rings. The lowest BCUT2D eigenvalue weighted by Gasteiger charge is -2.07. The summed E-state index contributed by atoms with van der Waals surface area (Å²) < 4.78 is 40.6. The molecule has 0 bridgehead atoms. The van der Waals surface area contributed by atoms with Gasteiger partial charge in [0.1, 0.15) is 12.2 Å². The standard InChI is InChI=1S/C11H14ClFN2O2S/c1-4-9-10(12)5-8(6-11(9)13)18(16,17)14-7-15(2)3/h5-7H,4H2,1-3H3/b14-7+. The fourth-order valence-corrected chi connectivity index (χ4v) is 2.64. The maximum Gasteiger partial charge on any atom is 0.283 e. The molecule has 0 unspecified atom stereocenters. The molecule has 0 saturated heterocycles. The van der Waals surface area contributed by atoms with E-state index in [9.17, 15) is 12.8 Å². The van der Waals surface area contributed by atoms with Crippen LogP contribution in [0.25, 0.3) is 0 Å². The molecule has 0 heterocycles. The zero-order valence-electron chi connectivity index (χ0n) is 10.3. The number of halogens is 2. The second-order valence-electron chi connectivity index (χ2n) is 3.88. The van der Waals surface area contributed by atoms with Crippen LogP contribution in [0.2, 0.25) is 5.02 Å². The van der Waals surface area contributed by atoms with Crippen molar-refractivity contribution in [3.63, 3.8) is 0 Å². The van der Waals surface area contributed by atoms with Crippen LogP contribution < -0.4 is 0 Å². The molecule has 0 aliphatic carbocycles. The van der Waals surface area contributed by atoms with Crippen LogP contribution in [0.4, 0.5) is 4.39 Å². The Morgan fingerprint density at radius 1 is 1.44 bits per heavy atom. The molecule has 1 rings (SSSR count). The highest BCUT2D eigenvalue weighted by Crippen LogP contribution is 2.25. The van der Waals surface area contributed by atoms with Crippen molar-refractivity contribution in [2.24, 2.45) is 4.40 Å². The van der Waals surface area contributed by atoms with Crippen molar-refractivity contribution in [2.75, 3.05) is 14.1 Å². The molecule has 0 aliphatic rings. The maximum absolute atomic E-state index is 13.6. The van der Waals surface area contributed by atoms with Crippen LogP contribution in [0.15, 0.2) is 21.4 Å². The van der Waals surface area contributed by atoms with Crippen LogP contribution in [-0.4, -0.2) is 33.8 Å². The number of nitrogens with zero attached hydrogens (tertiary/aromatic N) is 2. The Balaban J connectivity index is 3.27. The summed E-state index contributed by atoms with van der Waals surface area (Å²) in [6, 6.07) is 2.15. The van der Waals surface area contributed by atoms with Crippen LogP contribution in [-0.2, 0) is 16.4 Å². The summed E-state index contributed by atoms with van der Waals surface area (Å²) >= 11 is 5.84. The zero-order chi connectivity index (χ0) is 13.9. The summed E-state index contributed by atoms with van der Waals surface area (Å²) in [4.78, 5) is 1.22. The van der Waals surface area contributed by atoms with Crippen molar-refractivity contribution < 1.29 is 12.8 Å². The minimum absolute atomic E-state index is 0.0936. The molecule has 0 radical (unpaired) electrons. The van der Waals surface area contributed by atoms with Crippen molar-refractivity contribution in [1.82, 2.24) is 4.90 Å². The number of sulfonamides is 1. The minimum Gasteiger partial charge on any atom is -0.368 e. The first-order chi connectivity index (χ1) is 8.27. The molecule has 0 fully saturated rings. The Morgan fingerprint density at radius 3 is 2.50 bits per heavy atom. The molecule has 18 heavy (non-hydrogen) atoms. The van der Waals surface area contributed by atoms with Crippen LogP contribution in [0.3, 0.4) is 0 Å². The number of rotatable bonds is 4. The van der Waals surface area contributed by atoms with Gasteiger partial charge in [0, 0.05) is 24.7 Å². The summed E-state index contributed by atoms with van der Waals surface area (Å²) in [5.74, 6) is -0.636. The van der Waals surface area contributed by atoms with Gasteiger partial charge in [0.15, 0.2) is 0 Å². The Hall–Kier alpha value is -1.14. The zero-order valence-corrected chi connectivity index (χ0v) is 11.9. The highest BCUT2D eigenvalue weighted by atomic mass is 35.5. The average Bonchev–Trinajstić information content (AvgIpc) is 2.26. The lowest BCUT2D eigenvalue weighted by Crippen LogP contribution is -2.10. The molecular weight excluding hydrogens is 279 g/mol. The molecule has 0 amide bonds. The Bertz CT molecular complexity index is 547. The van der Waals surface area contributed by atoms with Gasteiger partial charge in [-0.25, -0.2) is 4.39 Å². The molecule has 100 valence electrons. The molecule has 1 aromatic carbocycles. The molecule has 0 spiro atoms. The van der Waals surface area contributed by atoms with Gasteiger partial charge in [0.05, 0.1) is 4.90 Å². The third kappa shape index (κ3) is 3.43. The molecule has 4 nitrogen and oxygen atoms in total. The predicted octanol–water partition coefficient (Wildman–Crippen LogP) is 2.32. The third-order valence-corrected chi connectivity index (χ3v) is 3.72. The molecule has 0 aliphatic heterocycles. The van der Waals surface area contributed by atoms with E-state index in [1.54, 1.807) is 21.0 Å². The van der Waals surface area contributed by atoms with Gasteiger partial charge in [-0.15, -0.1) is 4.40 Å². The minimum atomic E-state index is -3.92. The summed E-state index contributed by atoms with van der Waals surface area (Å²) in [7, 11) is -0.659. The van der Waals surface area contributed by atoms with E-state index in [4.69, 9.17) is 11.6 Å². The first kappa shape index (κ1) is 14.9. The van der Waals surface area contributed by atoms with Gasteiger partial charge in [0.2, 0.25) is 0 Å². The van der Waals surface area contributed by atoms with Gasteiger partial charge < -0.3 is 4.90 Å². The monoisotopic (exact) mass is 292 g/mol. The van der Waals surface area contributed by atoms with Crippen molar-refractivity contribution in [3.8, 4) is 0 Å². The second kappa shape index (κ2) is 5.67. The molecular formula is C11H14ClFN2O2S. The Morgan fingerprint density at radius 2 is 2.06 bits per heavy atom. The van der Waals surface area contributed by atoms with Crippen molar-refractivity contribution in [1.29, 1.82) is 0 Å². The number of hydrogen-bond donors (Lipinski definition) is 0. The van der Waals surface area contributed by atoms with Gasteiger partial charge in [-0.2, -0.15) is 8.42 Å². The van der Waals surface area contributed by atoms with Gasteiger partial charge >= 0.3 is 0 Å². The van der Waals surface area contributed by atoms with Gasteiger partial charge in [-0.1, -0.05) is 18.5 Å². The van der Waals surface area contributed by atoms with Gasteiger partial charge in [0.25, 0.3) is 10.0 Å². The van der Waals surface area contributed by atoms with Crippen molar-refractivity contribution in [2.45, 2.75) is 18.2 Å². The van der Waals surface area contributed by atoms with Gasteiger partial charge in [-0.05, 0) is 18.6 Å². The molecule has 0 N–H and O–H groups in total. The van der Waals surface area contributed by atoms with E-state index in [1.165, 1.54) is 11.0 Å². The molecule has 0 aromatic heterocycles. The fraction of sp³-hybridized carbons (Fsp3) is 0.364. The van der Waals surface area contributed by atoms with Crippen LogP contribution in [0.5, 0.6) is 0 Å². The summed E-state index contributed by atoms with van der Waals surface area (Å²) in [5, 5.41) is 0.0936. The topological polar surface area (TPSA) is 49.7 Å². The lowest BCUT2D eigenvalue weighted by atomic mass is 10.1. The second-order valence-corrected chi connectivity index (χ2v) is 5.92. The van der Waals surface area contributed by atoms with Gasteiger partial charge in [-0.3, -0.25) is 0 Å². The molecule has 0 saturated carbocycles. The quantitative estimate of drug-likeness (QED) is 0.632. The molecule has 0 atom stereocenters. The largest absolute Gasteiger partial charge is 0.368 e. The van der Waals surface area contributed by atoms with E-state index in [0.29, 0.717) is 12.0 Å². The summed E-state index contributed by atoms with van der Waals surface area (Å²) in [5.41, 5.74) is 0.298. The van der Waals surface area contributed by atoms with Crippen LogP contribution in [0.1, 0.15) is 12.5 Å². The van der Waals surface area contributed by atoms with Crippen LogP contribution in [0, 0.1) is 5.82 Å². The highest BCUT2D eigenvalue weighted by Gasteiger charge is 2.17. The van der Waals surface area contributed by atoms with E-state index in [-0.39, 0.29) is 9.92 Å². The Labute approximate surface area is 111 Å². The first-order valence-corrected chi connectivity index (χ1v) is 7.04. The fourth-order valence-electron chi connectivity index (χ4n) is 1.28. The van der Waals surface area contributed by atoms with Crippen molar-refractivity contribution >= 4 is 28.0 Å². The average molecular weight is 293 g/mol. The third-order valence-electron chi connectivity index (χ3n) is 2.18. The van der Waals surface area contributed by atoms with Crippen molar-refractivity contribution in [3.05, 3.63) is 28.5 Å². The summed E-state index contributed by atoms with van der Waals surface area (Å²) in [6.07, 6.45) is 1.53. The number of hydrogen-bond acceptors (Lipinski definition) is 2. The number of benzene rings is 1. The van der Waals surface area contributed by atoms with Crippen LogP contribution >= 0.6 is 11.6 Å². The Kier molecular flexibility index (Phi) is 4.70. The van der Waals surface area contributed by atoms with E-state index in [1.807, 2.05) is 0 Å². The smallest absolute Gasteiger partial charge is 0.283 e. The summed E-state index contributed by atoms with van der Waals surface area (Å²) in [6.45, 7) is 1.74. The van der Waals surface area contributed by atoms with E-state index in [2.05, 4.69) is 4.40 Å². The van der Waals surface area contributed by atoms with E-state index in [0.717, 1.165) is 12.4 Å². The maximum atomic E-state index is 13.6. The molecule has 7 heteroatoms. The normalized spacial score (nSPS) is 12.1. The lowest BCUT2D eigenvalue weighted by molar-refractivity contribution is 0.586. The highest BCUT2D eigenvalue weighted by molar-refractivity contribution is 7.90. The first-order valence-electron chi connectivity index (χ1n) is 5.22. The predicted molar refractivity (Wildman–Crippen MR) is 70.2 cm³/mol.